The molecule has 1 aromatic heterocycles. The maximum absolute atomic E-state index is 12.1. The van der Waals surface area contributed by atoms with Crippen LogP contribution in [0.2, 0.25) is 0 Å². The predicted molar refractivity (Wildman–Crippen MR) is 119 cm³/mol. The Kier molecular flexibility index (Phi) is 5.66. The molecule has 0 bridgehead atoms. The van der Waals surface area contributed by atoms with E-state index in [1.807, 2.05) is 43.3 Å². The number of carbonyl (C=O) groups is 1. The van der Waals surface area contributed by atoms with E-state index in [1.165, 1.54) is 6.07 Å². The van der Waals surface area contributed by atoms with Crippen LogP contribution in [-0.4, -0.2) is 25.8 Å². The van der Waals surface area contributed by atoms with Gasteiger partial charge in [0.25, 0.3) is 5.91 Å². The van der Waals surface area contributed by atoms with E-state index in [2.05, 4.69) is 10.5 Å². The number of methoxy groups -OCH3 is 1. The maximum Gasteiger partial charge on any atom is 0.336 e. The number of aryl methyl sites for hydroxylation is 1. The van der Waals surface area contributed by atoms with Gasteiger partial charge in [-0.25, -0.2) is 10.2 Å². The molecule has 0 fully saturated rings. The second kappa shape index (κ2) is 8.71. The molecule has 0 spiro atoms. The Morgan fingerprint density at radius 3 is 2.77 bits per heavy atom. The fourth-order valence-corrected chi connectivity index (χ4v) is 3.33. The van der Waals surface area contributed by atoms with E-state index in [-0.39, 0.29) is 6.61 Å². The number of hydrazone groups is 1. The van der Waals surface area contributed by atoms with Crippen molar-refractivity contribution >= 4 is 33.9 Å². The van der Waals surface area contributed by atoms with Gasteiger partial charge >= 0.3 is 5.63 Å². The average molecular weight is 416 g/mol. The van der Waals surface area contributed by atoms with Gasteiger partial charge in [0, 0.05) is 23.1 Å². The number of amides is 1. The zero-order valence-electron chi connectivity index (χ0n) is 17.0. The highest BCUT2D eigenvalue weighted by Crippen LogP contribution is 2.26. The van der Waals surface area contributed by atoms with Gasteiger partial charge in [0.1, 0.15) is 17.1 Å². The molecule has 0 atom stereocenters. The molecule has 0 saturated carbocycles. The molecule has 0 unspecified atom stereocenters. The summed E-state index contributed by atoms with van der Waals surface area (Å²) in [7, 11) is 1.58. The molecule has 31 heavy (non-hydrogen) atoms. The zero-order valence-corrected chi connectivity index (χ0v) is 17.0. The van der Waals surface area contributed by atoms with Gasteiger partial charge in [0.05, 0.1) is 13.3 Å². The average Bonchev–Trinajstić information content (AvgIpc) is 2.77. The van der Waals surface area contributed by atoms with Crippen LogP contribution in [0.4, 0.5) is 0 Å². The lowest BCUT2D eigenvalue weighted by Gasteiger charge is -2.09. The van der Waals surface area contributed by atoms with Gasteiger partial charge in [0.15, 0.2) is 6.61 Å². The maximum atomic E-state index is 12.1. The molecule has 4 aromatic rings. The van der Waals surface area contributed by atoms with Crippen molar-refractivity contribution < 1.29 is 18.7 Å². The number of nitrogens with one attached hydrogen (secondary N) is 1. The number of benzene rings is 3. The molecule has 3 aromatic carbocycles. The van der Waals surface area contributed by atoms with Crippen LogP contribution >= 0.6 is 0 Å². The Morgan fingerprint density at radius 1 is 1.10 bits per heavy atom. The summed E-state index contributed by atoms with van der Waals surface area (Å²) in [5.41, 5.74) is 4.00. The first-order valence-electron chi connectivity index (χ1n) is 9.60. The van der Waals surface area contributed by atoms with Crippen LogP contribution in [0.5, 0.6) is 11.5 Å². The Bertz CT molecular complexity index is 1360. The van der Waals surface area contributed by atoms with Gasteiger partial charge < -0.3 is 13.9 Å². The van der Waals surface area contributed by atoms with E-state index < -0.39 is 11.5 Å². The summed E-state index contributed by atoms with van der Waals surface area (Å²) in [6.07, 6.45) is 1.55. The third kappa shape index (κ3) is 4.40. The summed E-state index contributed by atoms with van der Waals surface area (Å²) in [6, 6.07) is 18.2. The third-order valence-corrected chi connectivity index (χ3v) is 4.83. The molecule has 1 heterocycles. The van der Waals surface area contributed by atoms with E-state index >= 15 is 0 Å². The smallest absolute Gasteiger partial charge is 0.336 e. The molecule has 0 aliphatic heterocycles. The highest BCUT2D eigenvalue weighted by molar-refractivity contribution is 6.02. The molecule has 4 rings (SSSR count). The molecule has 0 aliphatic carbocycles. The molecule has 0 saturated heterocycles. The summed E-state index contributed by atoms with van der Waals surface area (Å²) in [4.78, 5) is 23.7. The summed E-state index contributed by atoms with van der Waals surface area (Å²) in [5.74, 6) is 0.637. The first-order chi connectivity index (χ1) is 15.0. The standard InChI is InChI=1S/C24H20N2O5/c1-15-11-24(28)31-22-12-17(8-9-18(15)22)30-14-23(27)26-25-13-20-19-6-4-3-5-16(19)7-10-21(20)29-2/h3-13H,14H2,1-2H3,(H,26,27)/b25-13-. The van der Waals surface area contributed by atoms with Crippen molar-refractivity contribution in [2.45, 2.75) is 6.92 Å². The van der Waals surface area contributed by atoms with Crippen LogP contribution < -0.4 is 20.5 Å². The fourth-order valence-electron chi connectivity index (χ4n) is 3.33. The molecule has 0 radical (unpaired) electrons. The highest BCUT2D eigenvalue weighted by atomic mass is 16.5. The van der Waals surface area contributed by atoms with E-state index in [0.29, 0.717) is 17.1 Å². The Balaban J connectivity index is 1.43. The molecular formula is C24H20N2O5. The lowest BCUT2D eigenvalue weighted by atomic mass is 10.0. The number of hydrogen-bond donors (Lipinski definition) is 1. The number of nitrogens with zero attached hydrogens (tertiary/aromatic N) is 1. The van der Waals surface area contributed by atoms with E-state index in [1.54, 1.807) is 31.5 Å². The van der Waals surface area contributed by atoms with Gasteiger partial charge in [-0.15, -0.1) is 0 Å². The van der Waals surface area contributed by atoms with E-state index in [9.17, 15) is 9.59 Å². The van der Waals surface area contributed by atoms with Crippen molar-refractivity contribution in [1.29, 1.82) is 0 Å². The molecule has 7 heteroatoms. The van der Waals surface area contributed by atoms with Gasteiger partial charge in [-0.1, -0.05) is 30.3 Å². The largest absolute Gasteiger partial charge is 0.496 e. The SMILES string of the molecule is COc1ccc2ccccc2c1/C=N\NC(=O)COc1ccc2c(C)cc(=O)oc2c1. The molecule has 1 N–H and O–H groups in total. The van der Waals surface area contributed by atoms with Gasteiger partial charge in [-0.05, 0) is 41.5 Å². The van der Waals surface area contributed by atoms with Crippen molar-refractivity contribution in [2.75, 3.05) is 13.7 Å². The minimum absolute atomic E-state index is 0.244. The van der Waals surface area contributed by atoms with Crippen molar-refractivity contribution in [3.8, 4) is 11.5 Å². The van der Waals surface area contributed by atoms with Crippen molar-refractivity contribution in [3.63, 3.8) is 0 Å². The topological polar surface area (TPSA) is 90.1 Å². The molecule has 0 aliphatic rings. The Labute approximate surface area is 177 Å². The van der Waals surface area contributed by atoms with Gasteiger partial charge in [-0.3, -0.25) is 4.79 Å². The van der Waals surface area contributed by atoms with Crippen LogP contribution in [0.1, 0.15) is 11.1 Å². The van der Waals surface area contributed by atoms with E-state index in [4.69, 9.17) is 13.9 Å². The van der Waals surface area contributed by atoms with Crippen LogP contribution in [0.25, 0.3) is 21.7 Å². The van der Waals surface area contributed by atoms with Crippen LogP contribution in [0.3, 0.4) is 0 Å². The van der Waals surface area contributed by atoms with Crippen molar-refractivity contribution in [2.24, 2.45) is 5.10 Å². The van der Waals surface area contributed by atoms with Crippen molar-refractivity contribution in [3.05, 3.63) is 82.2 Å². The fraction of sp³-hybridized carbons (Fsp3) is 0.125. The van der Waals surface area contributed by atoms with Crippen LogP contribution in [0.15, 0.2) is 75.0 Å². The van der Waals surface area contributed by atoms with Crippen molar-refractivity contribution in [1.82, 2.24) is 5.43 Å². The highest BCUT2D eigenvalue weighted by Gasteiger charge is 2.08. The molecule has 156 valence electrons. The minimum Gasteiger partial charge on any atom is -0.496 e. The minimum atomic E-state index is -0.432. The number of hydrogen-bond acceptors (Lipinski definition) is 6. The Hall–Kier alpha value is -4.13. The van der Waals surface area contributed by atoms with Gasteiger partial charge in [0.2, 0.25) is 0 Å². The first-order valence-corrected chi connectivity index (χ1v) is 9.60. The summed E-state index contributed by atoms with van der Waals surface area (Å²) < 4.78 is 16.1. The zero-order chi connectivity index (χ0) is 21.8. The Morgan fingerprint density at radius 2 is 1.94 bits per heavy atom. The molecule has 7 nitrogen and oxygen atoms in total. The number of rotatable bonds is 6. The second-order valence-electron chi connectivity index (χ2n) is 6.89. The second-order valence-corrected chi connectivity index (χ2v) is 6.89. The van der Waals surface area contributed by atoms with E-state index in [0.717, 1.165) is 27.3 Å². The molecular weight excluding hydrogens is 396 g/mol. The normalized spacial score (nSPS) is 11.2. The monoisotopic (exact) mass is 416 g/mol. The van der Waals surface area contributed by atoms with Crippen LogP contribution in [0, 0.1) is 6.92 Å². The lowest BCUT2D eigenvalue weighted by molar-refractivity contribution is -0.123. The summed E-state index contributed by atoms with van der Waals surface area (Å²) in [6.45, 7) is 1.59. The number of ether oxygens (including phenoxy) is 2. The quantitative estimate of drug-likeness (QED) is 0.293. The van der Waals surface area contributed by atoms with Gasteiger partial charge in [-0.2, -0.15) is 5.10 Å². The summed E-state index contributed by atoms with van der Waals surface area (Å²) >= 11 is 0. The first kappa shape index (κ1) is 20.2. The lowest BCUT2D eigenvalue weighted by Crippen LogP contribution is -2.24. The molecule has 1 amide bonds. The number of fused-ring (bicyclic) bond motifs is 2. The number of carbonyl (C=O) groups excluding carboxylic acids is 1. The summed E-state index contributed by atoms with van der Waals surface area (Å²) in [5, 5.41) is 6.85. The van der Waals surface area contributed by atoms with Crippen LogP contribution in [-0.2, 0) is 4.79 Å². The third-order valence-electron chi connectivity index (χ3n) is 4.83. The predicted octanol–water partition coefficient (Wildman–Crippen LogP) is 3.79.